The van der Waals surface area contributed by atoms with Crippen molar-refractivity contribution in [1.82, 2.24) is 4.90 Å². The zero-order valence-electron chi connectivity index (χ0n) is 12.3. The van der Waals surface area contributed by atoms with Gasteiger partial charge in [0.25, 0.3) is 0 Å². The molecule has 0 saturated heterocycles. The fourth-order valence-corrected chi connectivity index (χ4v) is 2.43. The molecule has 0 unspecified atom stereocenters. The van der Waals surface area contributed by atoms with E-state index in [0.717, 1.165) is 25.1 Å². The first-order chi connectivity index (χ1) is 9.69. The summed E-state index contributed by atoms with van der Waals surface area (Å²) in [6.07, 6.45) is 0.973. The van der Waals surface area contributed by atoms with Gasteiger partial charge in [0.05, 0.1) is 6.61 Å². The second-order valence-corrected chi connectivity index (χ2v) is 5.40. The quantitative estimate of drug-likeness (QED) is 0.870. The van der Waals surface area contributed by atoms with Crippen LogP contribution in [0.4, 0.5) is 0 Å². The van der Waals surface area contributed by atoms with E-state index in [1.54, 1.807) is 0 Å². The standard InChI is InChI=1S/C18H23NO/c1-15-8-9-18(14-20)17(12-15)10-11-19(2)13-16-6-4-3-5-7-16/h3-9,12,20H,10-11,13-14H2,1-2H3. The second-order valence-electron chi connectivity index (χ2n) is 5.40. The van der Waals surface area contributed by atoms with Crippen LogP contribution < -0.4 is 0 Å². The number of nitrogens with zero attached hydrogens (tertiary/aromatic N) is 1. The minimum Gasteiger partial charge on any atom is -0.392 e. The van der Waals surface area contributed by atoms with Crippen molar-refractivity contribution in [3.8, 4) is 0 Å². The van der Waals surface area contributed by atoms with Gasteiger partial charge in [-0.3, -0.25) is 0 Å². The normalized spacial score (nSPS) is 11.0. The third-order valence-corrected chi connectivity index (χ3v) is 3.59. The van der Waals surface area contributed by atoms with Gasteiger partial charge < -0.3 is 10.0 Å². The molecule has 0 atom stereocenters. The summed E-state index contributed by atoms with van der Waals surface area (Å²) in [7, 11) is 2.14. The van der Waals surface area contributed by atoms with Gasteiger partial charge in [0.2, 0.25) is 0 Å². The van der Waals surface area contributed by atoms with Crippen molar-refractivity contribution in [3.63, 3.8) is 0 Å². The number of hydrogen-bond acceptors (Lipinski definition) is 2. The fraction of sp³-hybridized carbons (Fsp3) is 0.333. The summed E-state index contributed by atoms with van der Waals surface area (Å²) in [6.45, 7) is 4.17. The molecule has 0 aliphatic carbocycles. The minimum absolute atomic E-state index is 0.123. The molecular weight excluding hydrogens is 246 g/mol. The summed E-state index contributed by atoms with van der Waals surface area (Å²) < 4.78 is 0. The number of aliphatic hydroxyl groups is 1. The zero-order valence-corrected chi connectivity index (χ0v) is 12.3. The second kappa shape index (κ2) is 7.22. The lowest BCUT2D eigenvalue weighted by atomic mass is 10.0. The van der Waals surface area contributed by atoms with Crippen LogP contribution in [0.2, 0.25) is 0 Å². The Morgan fingerprint density at radius 3 is 2.45 bits per heavy atom. The van der Waals surface area contributed by atoms with Crippen molar-refractivity contribution in [1.29, 1.82) is 0 Å². The molecule has 2 aromatic carbocycles. The van der Waals surface area contributed by atoms with Gasteiger partial charge in [-0.2, -0.15) is 0 Å². The van der Waals surface area contributed by atoms with Gasteiger partial charge in [-0.05, 0) is 37.1 Å². The van der Waals surface area contributed by atoms with Gasteiger partial charge in [-0.1, -0.05) is 54.1 Å². The molecule has 2 nitrogen and oxygen atoms in total. The highest BCUT2D eigenvalue weighted by Crippen LogP contribution is 2.13. The molecule has 2 heteroatoms. The van der Waals surface area contributed by atoms with E-state index in [-0.39, 0.29) is 6.61 Å². The highest BCUT2D eigenvalue weighted by Gasteiger charge is 2.05. The summed E-state index contributed by atoms with van der Waals surface area (Å²) in [6, 6.07) is 16.8. The maximum absolute atomic E-state index is 9.40. The Labute approximate surface area is 121 Å². The van der Waals surface area contributed by atoms with Crippen molar-refractivity contribution in [2.75, 3.05) is 13.6 Å². The molecule has 2 rings (SSSR count). The summed E-state index contributed by atoms with van der Waals surface area (Å²) >= 11 is 0. The minimum atomic E-state index is 0.123. The van der Waals surface area contributed by atoms with Crippen LogP contribution in [-0.2, 0) is 19.6 Å². The molecule has 0 aliphatic rings. The molecule has 2 aromatic rings. The molecule has 0 amide bonds. The van der Waals surface area contributed by atoms with Gasteiger partial charge in [0.15, 0.2) is 0 Å². The molecule has 0 radical (unpaired) electrons. The van der Waals surface area contributed by atoms with Crippen LogP contribution in [-0.4, -0.2) is 23.6 Å². The molecule has 0 spiro atoms. The Bertz CT molecular complexity index is 536. The highest BCUT2D eigenvalue weighted by atomic mass is 16.3. The Kier molecular flexibility index (Phi) is 5.33. The summed E-state index contributed by atoms with van der Waals surface area (Å²) in [5.41, 5.74) is 4.89. The van der Waals surface area contributed by atoms with Crippen LogP contribution >= 0.6 is 0 Å². The number of likely N-dealkylation sites (N-methyl/N-ethyl adjacent to an activating group) is 1. The number of benzene rings is 2. The van der Waals surface area contributed by atoms with Crippen LogP contribution in [0.15, 0.2) is 48.5 Å². The molecule has 0 aromatic heterocycles. The Balaban J connectivity index is 1.93. The number of hydrogen-bond donors (Lipinski definition) is 1. The Morgan fingerprint density at radius 1 is 1.00 bits per heavy atom. The molecule has 0 bridgehead atoms. The molecule has 106 valence electrons. The lowest BCUT2D eigenvalue weighted by Crippen LogP contribution is -2.21. The molecule has 20 heavy (non-hydrogen) atoms. The lowest BCUT2D eigenvalue weighted by molar-refractivity contribution is 0.279. The van der Waals surface area contributed by atoms with Crippen molar-refractivity contribution in [3.05, 3.63) is 70.8 Å². The first-order valence-electron chi connectivity index (χ1n) is 7.11. The van der Waals surface area contributed by atoms with Crippen LogP contribution in [0.3, 0.4) is 0 Å². The summed E-state index contributed by atoms with van der Waals surface area (Å²) in [5, 5.41) is 9.40. The van der Waals surface area contributed by atoms with Crippen molar-refractivity contribution in [2.24, 2.45) is 0 Å². The Morgan fingerprint density at radius 2 is 1.75 bits per heavy atom. The monoisotopic (exact) mass is 269 g/mol. The van der Waals surface area contributed by atoms with Gasteiger partial charge in [-0.15, -0.1) is 0 Å². The molecule has 1 N–H and O–H groups in total. The van der Waals surface area contributed by atoms with E-state index in [4.69, 9.17) is 0 Å². The van der Waals surface area contributed by atoms with E-state index in [0.29, 0.717) is 0 Å². The first-order valence-corrected chi connectivity index (χ1v) is 7.11. The predicted octanol–water partition coefficient (Wildman–Crippen LogP) is 3.16. The SMILES string of the molecule is Cc1ccc(CO)c(CCN(C)Cc2ccccc2)c1. The van der Waals surface area contributed by atoms with E-state index < -0.39 is 0 Å². The third kappa shape index (κ3) is 4.19. The van der Waals surface area contributed by atoms with Crippen LogP contribution in [0, 0.1) is 6.92 Å². The van der Waals surface area contributed by atoms with Gasteiger partial charge in [-0.25, -0.2) is 0 Å². The maximum atomic E-state index is 9.40. The van der Waals surface area contributed by atoms with Crippen molar-refractivity contribution < 1.29 is 5.11 Å². The van der Waals surface area contributed by atoms with Crippen LogP contribution in [0.25, 0.3) is 0 Å². The average Bonchev–Trinajstić information content (AvgIpc) is 2.46. The van der Waals surface area contributed by atoms with E-state index in [1.165, 1.54) is 16.7 Å². The van der Waals surface area contributed by atoms with Gasteiger partial charge in [0, 0.05) is 13.1 Å². The molecule has 0 saturated carbocycles. The topological polar surface area (TPSA) is 23.5 Å². The average molecular weight is 269 g/mol. The number of rotatable bonds is 6. The van der Waals surface area contributed by atoms with E-state index in [1.807, 2.05) is 12.1 Å². The highest BCUT2D eigenvalue weighted by molar-refractivity contribution is 5.31. The predicted molar refractivity (Wildman–Crippen MR) is 83.6 cm³/mol. The number of aliphatic hydroxyl groups excluding tert-OH is 1. The lowest BCUT2D eigenvalue weighted by Gasteiger charge is -2.18. The largest absolute Gasteiger partial charge is 0.392 e. The van der Waals surface area contributed by atoms with Gasteiger partial charge >= 0.3 is 0 Å². The van der Waals surface area contributed by atoms with E-state index in [2.05, 4.69) is 55.3 Å². The molecule has 0 heterocycles. The molecule has 0 aliphatic heterocycles. The number of aryl methyl sites for hydroxylation is 1. The van der Waals surface area contributed by atoms with Crippen molar-refractivity contribution >= 4 is 0 Å². The first kappa shape index (κ1) is 14.8. The van der Waals surface area contributed by atoms with Crippen LogP contribution in [0.1, 0.15) is 22.3 Å². The van der Waals surface area contributed by atoms with Crippen molar-refractivity contribution in [2.45, 2.75) is 26.5 Å². The van der Waals surface area contributed by atoms with Gasteiger partial charge in [0.1, 0.15) is 0 Å². The summed E-state index contributed by atoms with van der Waals surface area (Å²) in [4.78, 5) is 2.32. The Hall–Kier alpha value is -1.64. The third-order valence-electron chi connectivity index (χ3n) is 3.59. The van der Waals surface area contributed by atoms with E-state index in [9.17, 15) is 5.11 Å². The van der Waals surface area contributed by atoms with E-state index >= 15 is 0 Å². The van der Waals surface area contributed by atoms with Crippen LogP contribution in [0.5, 0.6) is 0 Å². The smallest absolute Gasteiger partial charge is 0.0684 e. The zero-order chi connectivity index (χ0) is 14.4. The maximum Gasteiger partial charge on any atom is 0.0684 e. The molecular formula is C18H23NO. The summed E-state index contributed by atoms with van der Waals surface area (Å²) in [5.74, 6) is 0. The fourth-order valence-electron chi connectivity index (χ4n) is 2.43. The molecule has 0 fully saturated rings.